The lowest BCUT2D eigenvalue weighted by molar-refractivity contribution is -0.157. The van der Waals surface area contributed by atoms with Gasteiger partial charge in [-0.2, -0.15) is 0 Å². The molecule has 0 bridgehead atoms. The Hall–Kier alpha value is -1.99. The van der Waals surface area contributed by atoms with E-state index < -0.39 is 5.97 Å². The van der Waals surface area contributed by atoms with Gasteiger partial charge in [0.1, 0.15) is 0 Å². The summed E-state index contributed by atoms with van der Waals surface area (Å²) in [5, 5.41) is 14.0. The fourth-order valence-electron chi connectivity index (χ4n) is 5.40. The highest BCUT2D eigenvalue weighted by atomic mass is 35.5. The first-order chi connectivity index (χ1) is 14.0. The number of carboxylic acids is 1. The molecule has 1 saturated heterocycles. The van der Waals surface area contributed by atoms with Crippen molar-refractivity contribution in [2.45, 2.75) is 37.6 Å². The molecule has 3 nitrogen and oxygen atoms in total. The number of benzene rings is 2. The van der Waals surface area contributed by atoms with Gasteiger partial charge in [0.15, 0.2) is 0 Å². The lowest BCUT2D eigenvalue weighted by Gasteiger charge is -2.61. The van der Waals surface area contributed by atoms with Crippen LogP contribution in [0.2, 0.25) is 10.0 Å². The first kappa shape index (κ1) is 19.0. The maximum Gasteiger partial charge on any atom is 0.306 e. The smallest absolute Gasteiger partial charge is 0.306 e. The minimum Gasteiger partial charge on any atom is -0.481 e. The third kappa shape index (κ3) is 3.15. The largest absolute Gasteiger partial charge is 0.481 e. The van der Waals surface area contributed by atoms with Crippen molar-refractivity contribution in [1.82, 2.24) is 5.32 Å². The molecule has 148 valence electrons. The predicted molar refractivity (Wildman–Crippen MR) is 115 cm³/mol. The number of fused-ring (bicyclic) bond motifs is 1. The summed E-state index contributed by atoms with van der Waals surface area (Å²) in [7, 11) is 0. The monoisotopic (exact) mass is 425 g/mol. The van der Waals surface area contributed by atoms with E-state index in [1.165, 1.54) is 11.1 Å². The molecule has 29 heavy (non-hydrogen) atoms. The van der Waals surface area contributed by atoms with Crippen molar-refractivity contribution in [3.63, 3.8) is 0 Å². The normalized spacial score (nSPS) is 29.4. The molecule has 1 saturated carbocycles. The average Bonchev–Trinajstić information content (AvgIpc) is 3.02. The highest BCUT2D eigenvalue weighted by molar-refractivity contribution is 6.36. The summed E-state index contributed by atoms with van der Waals surface area (Å²) in [6, 6.07) is 12.3. The second-order valence-electron chi connectivity index (χ2n) is 8.57. The molecular weight excluding hydrogens is 405 g/mol. The average molecular weight is 426 g/mol. The molecule has 1 heterocycles. The number of hydrogen-bond donors (Lipinski definition) is 2. The first-order valence-electron chi connectivity index (χ1n) is 10.0. The van der Waals surface area contributed by atoms with Gasteiger partial charge in [-0.25, -0.2) is 0 Å². The number of aliphatic carboxylic acids is 1. The van der Waals surface area contributed by atoms with Crippen molar-refractivity contribution < 1.29 is 9.90 Å². The minimum atomic E-state index is -0.644. The van der Waals surface area contributed by atoms with Gasteiger partial charge in [0.05, 0.1) is 21.5 Å². The van der Waals surface area contributed by atoms with Crippen molar-refractivity contribution >= 4 is 29.2 Å². The van der Waals surface area contributed by atoms with E-state index in [-0.39, 0.29) is 11.3 Å². The molecule has 5 heteroatoms. The lowest BCUT2D eigenvalue weighted by Crippen LogP contribution is -2.70. The number of halogens is 2. The van der Waals surface area contributed by atoms with E-state index >= 15 is 0 Å². The molecule has 2 unspecified atom stereocenters. The molecule has 3 aliphatic rings. The molecule has 1 aliphatic heterocycles. The van der Waals surface area contributed by atoms with E-state index in [9.17, 15) is 9.90 Å². The molecule has 1 spiro atoms. The Morgan fingerprint density at radius 3 is 2.55 bits per heavy atom. The number of hydrogen-bond acceptors (Lipinski definition) is 2. The number of aryl methyl sites for hydroxylation is 1. The van der Waals surface area contributed by atoms with E-state index in [1.807, 2.05) is 6.07 Å². The zero-order chi connectivity index (χ0) is 20.2. The Balaban J connectivity index is 1.35. The summed E-state index contributed by atoms with van der Waals surface area (Å²) in [4.78, 5) is 11.2. The Morgan fingerprint density at radius 2 is 1.90 bits per heavy atom. The van der Waals surface area contributed by atoms with Crippen molar-refractivity contribution in [3.05, 3.63) is 68.7 Å². The fourth-order valence-corrected chi connectivity index (χ4v) is 5.89. The van der Waals surface area contributed by atoms with Crippen LogP contribution in [0.3, 0.4) is 0 Å². The second-order valence-corrected chi connectivity index (χ2v) is 9.38. The van der Waals surface area contributed by atoms with Crippen LogP contribution in [-0.4, -0.2) is 23.7 Å². The third-order valence-corrected chi connectivity index (χ3v) is 7.58. The summed E-state index contributed by atoms with van der Waals surface area (Å²) in [5.41, 5.74) is 4.56. The Morgan fingerprint density at radius 1 is 1.14 bits per heavy atom. The molecule has 2 atom stereocenters. The van der Waals surface area contributed by atoms with Crippen LogP contribution in [0.5, 0.6) is 0 Å². The van der Waals surface area contributed by atoms with Crippen LogP contribution in [0.1, 0.15) is 47.4 Å². The van der Waals surface area contributed by atoms with Crippen LogP contribution in [0.25, 0.3) is 0 Å². The molecule has 5 rings (SSSR count). The van der Waals surface area contributed by atoms with Gasteiger partial charge in [-0.3, -0.25) is 4.79 Å². The highest BCUT2D eigenvalue weighted by Gasteiger charge is 2.59. The van der Waals surface area contributed by atoms with Crippen molar-refractivity contribution in [2.24, 2.45) is 11.3 Å². The Kier molecular flexibility index (Phi) is 4.62. The molecular formula is C24H21Cl2NO2. The van der Waals surface area contributed by atoms with Gasteiger partial charge < -0.3 is 10.4 Å². The summed E-state index contributed by atoms with van der Waals surface area (Å²) in [6.45, 7) is 0.954. The molecule has 2 N–H and O–H groups in total. The van der Waals surface area contributed by atoms with Crippen molar-refractivity contribution in [1.29, 1.82) is 0 Å². The van der Waals surface area contributed by atoms with Gasteiger partial charge in [-0.1, -0.05) is 47.2 Å². The maximum absolute atomic E-state index is 11.2. The van der Waals surface area contributed by atoms with E-state index in [1.54, 1.807) is 12.1 Å². The number of carbonyl (C=O) groups is 1. The quantitative estimate of drug-likeness (QED) is 0.674. The Bertz CT molecular complexity index is 1040. The van der Waals surface area contributed by atoms with Gasteiger partial charge in [-0.05, 0) is 61.1 Å². The summed E-state index contributed by atoms with van der Waals surface area (Å²) >= 11 is 12.4. The summed E-state index contributed by atoms with van der Waals surface area (Å²) < 4.78 is 0. The molecule has 2 fully saturated rings. The molecule has 0 amide bonds. The van der Waals surface area contributed by atoms with Crippen LogP contribution < -0.4 is 5.32 Å². The van der Waals surface area contributed by atoms with Crippen LogP contribution >= 0.6 is 23.2 Å². The van der Waals surface area contributed by atoms with Gasteiger partial charge in [0.25, 0.3) is 0 Å². The van der Waals surface area contributed by atoms with Crippen LogP contribution in [-0.2, 0) is 11.2 Å². The minimum absolute atomic E-state index is 0.158. The van der Waals surface area contributed by atoms with Crippen molar-refractivity contribution in [2.75, 3.05) is 6.54 Å². The molecule has 0 radical (unpaired) electrons. The fraction of sp³-hybridized carbons (Fsp3) is 0.375. The molecule has 2 aromatic rings. The number of nitrogens with one attached hydrogen (secondary N) is 1. The van der Waals surface area contributed by atoms with Gasteiger partial charge in [0, 0.05) is 29.5 Å². The first-order valence-corrected chi connectivity index (χ1v) is 10.8. The third-order valence-electron chi connectivity index (χ3n) is 6.95. The van der Waals surface area contributed by atoms with Gasteiger partial charge >= 0.3 is 5.97 Å². The second kappa shape index (κ2) is 7.06. The zero-order valence-corrected chi connectivity index (χ0v) is 17.4. The van der Waals surface area contributed by atoms with Gasteiger partial charge in [-0.15, -0.1) is 0 Å². The standard InChI is InChI=1S/C24H21Cl2NO2/c25-20-2-1-3-21(26)19(20)8-5-14-4-7-17-15(10-14)6-9-18(17)22-24(13-27-22)11-16(12-24)23(28)29/h1-4,7,10,16,18,22,27H,6,9,11-13H2,(H,28,29). The SMILES string of the molecule is O=C(O)C1CC2(CNC2C2CCc3cc(C#Cc4c(Cl)cccc4Cl)ccc32)C1. The van der Waals surface area contributed by atoms with Crippen LogP contribution in [0, 0.1) is 23.2 Å². The lowest BCUT2D eigenvalue weighted by atomic mass is 9.51. The van der Waals surface area contributed by atoms with E-state index in [0.717, 1.165) is 37.8 Å². The zero-order valence-electron chi connectivity index (χ0n) is 15.8. The van der Waals surface area contributed by atoms with Crippen LogP contribution in [0.15, 0.2) is 36.4 Å². The van der Waals surface area contributed by atoms with E-state index in [2.05, 4.69) is 35.4 Å². The number of rotatable bonds is 2. The maximum atomic E-state index is 11.2. The number of carboxylic acid groups (broad SMARTS) is 1. The highest BCUT2D eigenvalue weighted by Crippen LogP contribution is 2.57. The predicted octanol–water partition coefficient (Wildman–Crippen LogP) is 4.88. The Labute approximate surface area is 180 Å². The topological polar surface area (TPSA) is 49.3 Å². The van der Waals surface area contributed by atoms with Crippen molar-refractivity contribution in [3.8, 4) is 11.8 Å². The van der Waals surface area contributed by atoms with Gasteiger partial charge in [0.2, 0.25) is 0 Å². The van der Waals surface area contributed by atoms with E-state index in [0.29, 0.717) is 27.6 Å². The molecule has 2 aromatic carbocycles. The van der Waals surface area contributed by atoms with Crippen LogP contribution in [0.4, 0.5) is 0 Å². The van der Waals surface area contributed by atoms with E-state index in [4.69, 9.17) is 23.2 Å². The molecule has 2 aliphatic carbocycles. The summed E-state index contributed by atoms with van der Waals surface area (Å²) in [6.07, 6.45) is 3.78. The summed E-state index contributed by atoms with van der Waals surface area (Å²) in [5.74, 6) is 5.98. The molecule has 0 aromatic heterocycles.